The number of aromatic nitrogens is 2. The first-order chi connectivity index (χ1) is 9.77. The molecule has 0 spiro atoms. The van der Waals surface area contributed by atoms with Crippen molar-refractivity contribution in [3.63, 3.8) is 0 Å². The number of hydrogen-bond donors (Lipinski definition) is 0. The Morgan fingerprint density at radius 3 is 1.80 bits per heavy atom. The number of hydrogen-bond acceptors (Lipinski definition) is 5. The zero-order valence-corrected chi connectivity index (χ0v) is 10.6. The molecule has 0 amide bonds. The molecule has 0 radical (unpaired) electrons. The summed E-state index contributed by atoms with van der Waals surface area (Å²) in [5, 5.41) is 17.6. The van der Waals surface area contributed by atoms with E-state index in [2.05, 4.69) is 9.97 Å². The maximum atomic E-state index is 12.5. The molecule has 0 aromatic carbocycles. The van der Waals surface area contributed by atoms with Gasteiger partial charge in [0.05, 0.1) is 25.0 Å². The van der Waals surface area contributed by atoms with Crippen LogP contribution in [-0.4, -0.2) is 15.8 Å². The summed E-state index contributed by atoms with van der Waals surface area (Å²) in [4.78, 5) is 20.6. The van der Waals surface area contributed by atoms with E-state index in [1.807, 2.05) is 12.1 Å². The van der Waals surface area contributed by atoms with Gasteiger partial charge in [-0.05, 0) is 23.3 Å². The van der Waals surface area contributed by atoms with E-state index in [-0.39, 0.29) is 30.0 Å². The maximum absolute atomic E-state index is 12.5. The molecule has 0 atom stereocenters. The van der Waals surface area contributed by atoms with Crippen LogP contribution in [0.15, 0.2) is 36.7 Å². The summed E-state index contributed by atoms with van der Waals surface area (Å²) >= 11 is 0. The Bertz CT molecular complexity index is 664. The van der Waals surface area contributed by atoms with Gasteiger partial charge in [-0.25, -0.2) is 0 Å². The zero-order chi connectivity index (χ0) is 14.4. The fourth-order valence-electron chi connectivity index (χ4n) is 1.85. The molecule has 2 aromatic rings. The van der Waals surface area contributed by atoms with Crippen molar-refractivity contribution >= 4 is 5.78 Å². The average molecular weight is 262 g/mol. The smallest absolute Gasteiger partial charge is 0.230 e. The van der Waals surface area contributed by atoms with Crippen molar-refractivity contribution in [1.29, 1.82) is 10.5 Å². The molecule has 96 valence electrons. The topological polar surface area (TPSA) is 90.4 Å². The highest BCUT2D eigenvalue weighted by Crippen LogP contribution is 2.15. The summed E-state index contributed by atoms with van der Waals surface area (Å²) in [5.74, 6) is -0.360. The van der Waals surface area contributed by atoms with Crippen molar-refractivity contribution < 1.29 is 4.79 Å². The average Bonchev–Trinajstić information content (AvgIpc) is 2.48. The molecule has 2 aromatic heterocycles. The van der Waals surface area contributed by atoms with Gasteiger partial charge in [-0.2, -0.15) is 10.5 Å². The molecule has 0 saturated carbocycles. The van der Waals surface area contributed by atoms with Gasteiger partial charge < -0.3 is 0 Å². The second kappa shape index (κ2) is 6.21. The van der Waals surface area contributed by atoms with Gasteiger partial charge in [-0.1, -0.05) is 12.1 Å². The molecule has 0 N–H and O–H groups in total. The van der Waals surface area contributed by atoms with Crippen molar-refractivity contribution in [2.24, 2.45) is 0 Å². The second-order valence-corrected chi connectivity index (χ2v) is 4.02. The molecule has 0 fully saturated rings. The van der Waals surface area contributed by atoms with Crippen LogP contribution in [0.25, 0.3) is 0 Å². The number of nitriles is 2. The molecule has 2 heterocycles. The standard InChI is InChI=1S/C15H10N4O/c16-7-5-11-3-1-9-18-13(11)15(20)14-12(6-8-17)4-2-10-19-14/h1-4,9-10H,5-6H2. The molecule has 0 aliphatic carbocycles. The van der Waals surface area contributed by atoms with Gasteiger partial charge in [0.2, 0.25) is 5.78 Å². The van der Waals surface area contributed by atoms with Crippen LogP contribution in [0.3, 0.4) is 0 Å². The lowest BCUT2D eigenvalue weighted by atomic mass is 10.0. The summed E-state index contributed by atoms with van der Waals surface area (Å²) in [6.07, 6.45) is 3.21. The third-order valence-corrected chi connectivity index (χ3v) is 2.75. The Balaban J connectivity index is 2.48. The summed E-state index contributed by atoms with van der Waals surface area (Å²) in [5.41, 5.74) is 1.56. The fourth-order valence-corrected chi connectivity index (χ4v) is 1.85. The van der Waals surface area contributed by atoms with Crippen molar-refractivity contribution in [2.75, 3.05) is 0 Å². The Hall–Kier alpha value is -3.05. The molecule has 5 nitrogen and oxygen atoms in total. The van der Waals surface area contributed by atoms with Crippen molar-refractivity contribution in [1.82, 2.24) is 9.97 Å². The number of carbonyl (C=O) groups is 1. The van der Waals surface area contributed by atoms with E-state index >= 15 is 0 Å². The van der Waals surface area contributed by atoms with Crippen LogP contribution in [0.1, 0.15) is 27.3 Å². The molecule has 0 aliphatic heterocycles. The van der Waals surface area contributed by atoms with Gasteiger partial charge in [0.1, 0.15) is 11.4 Å². The lowest BCUT2D eigenvalue weighted by molar-refractivity contribution is 0.102. The predicted octanol–water partition coefficient (Wildman–Crippen LogP) is 1.84. The highest BCUT2D eigenvalue weighted by molar-refractivity contribution is 6.08. The summed E-state index contributed by atoms with van der Waals surface area (Å²) in [6.45, 7) is 0. The first-order valence-electron chi connectivity index (χ1n) is 5.94. The molecule has 20 heavy (non-hydrogen) atoms. The first kappa shape index (κ1) is 13.4. The van der Waals surface area contributed by atoms with E-state index in [9.17, 15) is 4.79 Å². The Kier molecular flexibility index (Phi) is 4.16. The summed E-state index contributed by atoms with van der Waals surface area (Å²) < 4.78 is 0. The molecule has 0 bridgehead atoms. The van der Waals surface area contributed by atoms with Crippen molar-refractivity contribution in [3.8, 4) is 12.1 Å². The molecule has 5 heteroatoms. The number of pyridine rings is 2. The minimum Gasteiger partial charge on any atom is -0.285 e. The van der Waals surface area contributed by atoms with Gasteiger partial charge in [0.25, 0.3) is 0 Å². The van der Waals surface area contributed by atoms with E-state index in [0.717, 1.165) is 0 Å². The van der Waals surface area contributed by atoms with Crippen LogP contribution >= 0.6 is 0 Å². The SMILES string of the molecule is N#CCc1cccnc1C(=O)c1ncccc1CC#N. The van der Waals surface area contributed by atoms with Crippen LogP contribution in [0.5, 0.6) is 0 Å². The van der Waals surface area contributed by atoms with Crippen LogP contribution in [0.4, 0.5) is 0 Å². The summed E-state index contributed by atoms with van der Waals surface area (Å²) in [6, 6.07) is 10.7. The van der Waals surface area contributed by atoms with Gasteiger partial charge in [0.15, 0.2) is 0 Å². The van der Waals surface area contributed by atoms with Crippen LogP contribution < -0.4 is 0 Å². The monoisotopic (exact) mass is 262 g/mol. The largest absolute Gasteiger partial charge is 0.285 e. The van der Waals surface area contributed by atoms with E-state index < -0.39 is 0 Å². The van der Waals surface area contributed by atoms with Gasteiger partial charge >= 0.3 is 0 Å². The third kappa shape index (κ3) is 2.68. The molecular weight excluding hydrogens is 252 g/mol. The lowest BCUT2D eigenvalue weighted by Crippen LogP contribution is -2.12. The van der Waals surface area contributed by atoms with E-state index in [1.165, 1.54) is 12.4 Å². The third-order valence-electron chi connectivity index (χ3n) is 2.75. The van der Waals surface area contributed by atoms with Crippen molar-refractivity contribution in [3.05, 3.63) is 59.2 Å². The molecule has 2 rings (SSSR count). The van der Waals surface area contributed by atoms with Crippen LogP contribution in [0.2, 0.25) is 0 Å². The lowest BCUT2D eigenvalue weighted by Gasteiger charge is -2.06. The minimum absolute atomic E-state index is 0.106. The Morgan fingerprint density at radius 1 is 0.950 bits per heavy atom. The van der Waals surface area contributed by atoms with Crippen LogP contribution in [-0.2, 0) is 12.8 Å². The Morgan fingerprint density at radius 2 is 1.40 bits per heavy atom. The highest BCUT2D eigenvalue weighted by Gasteiger charge is 2.19. The van der Waals surface area contributed by atoms with Crippen molar-refractivity contribution in [2.45, 2.75) is 12.8 Å². The number of ketones is 1. The van der Waals surface area contributed by atoms with Gasteiger partial charge in [-0.15, -0.1) is 0 Å². The number of nitrogens with zero attached hydrogens (tertiary/aromatic N) is 4. The first-order valence-corrected chi connectivity index (χ1v) is 5.94. The van der Waals surface area contributed by atoms with Gasteiger partial charge in [-0.3, -0.25) is 14.8 Å². The van der Waals surface area contributed by atoms with Gasteiger partial charge in [0, 0.05) is 12.4 Å². The molecule has 0 saturated heterocycles. The Labute approximate surface area is 116 Å². The molecule has 0 aliphatic rings. The normalized spacial score (nSPS) is 9.50. The van der Waals surface area contributed by atoms with Crippen LogP contribution in [0, 0.1) is 22.7 Å². The zero-order valence-electron chi connectivity index (χ0n) is 10.6. The predicted molar refractivity (Wildman–Crippen MR) is 70.5 cm³/mol. The number of carbonyl (C=O) groups excluding carboxylic acids is 1. The van der Waals surface area contributed by atoms with E-state index in [0.29, 0.717) is 11.1 Å². The minimum atomic E-state index is -0.360. The fraction of sp³-hybridized carbons (Fsp3) is 0.133. The van der Waals surface area contributed by atoms with E-state index in [1.54, 1.807) is 24.3 Å². The molecular formula is C15H10N4O. The van der Waals surface area contributed by atoms with E-state index in [4.69, 9.17) is 10.5 Å². The number of rotatable bonds is 4. The molecule has 0 unspecified atom stereocenters. The summed E-state index contributed by atoms with van der Waals surface area (Å²) in [7, 11) is 0. The highest BCUT2D eigenvalue weighted by atomic mass is 16.1. The second-order valence-electron chi connectivity index (χ2n) is 4.02. The quantitative estimate of drug-likeness (QED) is 0.784. The maximum Gasteiger partial charge on any atom is 0.230 e.